The fraction of sp³-hybridized carbons (Fsp3) is 0.333. The van der Waals surface area contributed by atoms with E-state index in [1.54, 1.807) is 7.11 Å². The minimum atomic E-state index is 0.309. The molecule has 0 saturated carbocycles. The van der Waals surface area contributed by atoms with Crippen molar-refractivity contribution in [2.24, 2.45) is 0 Å². The summed E-state index contributed by atoms with van der Waals surface area (Å²) in [5.41, 5.74) is 6.57. The summed E-state index contributed by atoms with van der Waals surface area (Å²) in [5, 5.41) is 3.65. The Bertz CT molecular complexity index is 784. The van der Waals surface area contributed by atoms with E-state index in [2.05, 4.69) is 29.6 Å². The van der Waals surface area contributed by atoms with Crippen molar-refractivity contribution >= 4 is 0 Å². The minimum Gasteiger partial charge on any atom is -0.496 e. The van der Waals surface area contributed by atoms with Gasteiger partial charge in [-0.3, -0.25) is 0 Å². The normalized spacial score (nSPS) is 20.3. The molecule has 1 atom stereocenters. The summed E-state index contributed by atoms with van der Waals surface area (Å²) < 4.78 is 16.8. The Kier molecular flexibility index (Phi) is 2.47. The number of hydrogen-bond acceptors (Lipinski definition) is 4. The van der Waals surface area contributed by atoms with Gasteiger partial charge in [0.25, 0.3) is 0 Å². The zero-order valence-electron chi connectivity index (χ0n) is 12.4. The van der Waals surface area contributed by atoms with Crippen LogP contribution in [0, 0.1) is 0 Å². The van der Waals surface area contributed by atoms with E-state index in [1.807, 2.05) is 0 Å². The lowest BCUT2D eigenvalue weighted by Crippen LogP contribution is -2.33. The standard InChI is InChI=1S/C18H17NO3/c1-20-14-3-2-10-4-5-19-13-6-11-7-15-16(22-9-21-15)8-12(11)18(14)17(10)13/h2-3,7-8,13,19H,4-6,9H2,1H3/t13-/m0/s1. The van der Waals surface area contributed by atoms with Crippen LogP contribution in [0.25, 0.3) is 11.1 Å². The number of rotatable bonds is 1. The van der Waals surface area contributed by atoms with Crippen molar-refractivity contribution in [1.29, 1.82) is 0 Å². The van der Waals surface area contributed by atoms with Gasteiger partial charge in [0.1, 0.15) is 5.75 Å². The molecule has 0 radical (unpaired) electrons. The molecule has 0 saturated heterocycles. The number of hydrogen-bond donors (Lipinski definition) is 1. The third kappa shape index (κ3) is 1.56. The van der Waals surface area contributed by atoms with Gasteiger partial charge in [0.2, 0.25) is 6.79 Å². The molecule has 0 unspecified atom stereocenters. The van der Waals surface area contributed by atoms with E-state index in [0.29, 0.717) is 12.8 Å². The maximum atomic E-state index is 5.66. The molecule has 2 aromatic carbocycles. The van der Waals surface area contributed by atoms with Gasteiger partial charge in [-0.1, -0.05) is 6.07 Å². The van der Waals surface area contributed by atoms with Crippen molar-refractivity contribution in [2.45, 2.75) is 18.9 Å². The largest absolute Gasteiger partial charge is 0.496 e. The van der Waals surface area contributed by atoms with Crippen LogP contribution in [-0.4, -0.2) is 20.4 Å². The fourth-order valence-electron chi connectivity index (χ4n) is 3.97. The Labute approximate surface area is 129 Å². The first-order valence-corrected chi connectivity index (χ1v) is 7.71. The van der Waals surface area contributed by atoms with Crippen LogP contribution in [0.15, 0.2) is 24.3 Å². The number of nitrogens with one attached hydrogen (secondary N) is 1. The third-order valence-electron chi connectivity index (χ3n) is 4.94. The predicted molar refractivity (Wildman–Crippen MR) is 82.7 cm³/mol. The van der Waals surface area contributed by atoms with Crippen molar-refractivity contribution in [3.8, 4) is 28.4 Å². The highest BCUT2D eigenvalue weighted by molar-refractivity contribution is 5.82. The Morgan fingerprint density at radius 3 is 2.86 bits per heavy atom. The molecule has 4 heteroatoms. The molecule has 1 aliphatic carbocycles. The number of fused-ring (bicyclic) bond motifs is 3. The summed E-state index contributed by atoms with van der Waals surface area (Å²) in [6.07, 6.45) is 2.06. The quantitative estimate of drug-likeness (QED) is 0.878. The second-order valence-electron chi connectivity index (χ2n) is 6.04. The van der Waals surface area contributed by atoms with Gasteiger partial charge in [0.05, 0.1) is 7.11 Å². The van der Waals surface area contributed by atoms with Crippen LogP contribution < -0.4 is 19.5 Å². The van der Waals surface area contributed by atoms with E-state index in [-0.39, 0.29) is 0 Å². The van der Waals surface area contributed by atoms with Crippen molar-refractivity contribution in [3.05, 3.63) is 41.0 Å². The second-order valence-corrected chi connectivity index (χ2v) is 6.04. The van der Waals surface area contributed by atoms with E-state index in [4.69, 9.17) is 14.2 Å². The molecule has 1 N–H and O–H groups in total. The van der Waals surface area contributed by atoms with Crippen LogP contribution in [0.1, 0.15) is 22.7 Å². The Balaban J connectivity index is 1.82. The van der Waals surface area contributed by atoms with Crippen LogP contribution in [0.2, 0.25) is 0 Å². The Hall–Kier alpha value is -2.20. The molecule has 22 heavy (non-hydrogen) atoms. The molecular formula is C18H17NO3. The summed E-state index contributed by atoms with van der Waals surface area (Å²) in [6, 6.07) is 8.91. The zero-order valence-corrected chi connectivity index (χ0v) is 12.4. The highest BCUT2D eigenvalue weighted by atomic mass is 16.7. The van der Waals surface area contributed by atoms with Crippen LogP contribution in [0.4, 0.5) is 0 Å². The first-order chi connectivity index (χ1) is 10.8. The van der Waals surface area contributed by atoms with E-state index in [1.165, 1.54) is 27.8 Å². The fourth-order valence-corrected chi connectivity index (χ4v) is 3.97. The Morgan fingerprint density at radius 2 is 2.00 bits per heavy atom. The van der Waals surface area contributed by atoms with Crippen LogP contribution in [0.5, 0.6) is 17.2 Å². The van der Waals surface area contributed by atoms with Gasteiger partial charge in [-0.15, -0.1) is 0 Å². The van der Waals surface area contributed by atoms with Crippen molar-refractivity contribution in [2.75, 3.05) is 20.4 Å². The molecule has 3 aliphatic rings. The van der Waals surface area contributed by atoms with Gasteiger partial charge in [-0.05, 0) is 59.8 Å². The van der Waals surface area contributed by atoms with Crippen LogP contribution in [-0.2, 0) is 12.8 Å². The molecule has 5 rings (SSSR count). The molecule has 2 aliphatic heterocycles. The minimum absolute atomic E-state index is 0.309. The predicted octanol–water partition coefficient (Wildman–Crippen LogP) is 2.83. The molecule has 0 aromatic heterocycles. The van der Waals surface area contributed by atoms with Crippen molar-refractivity contribution in [1.82, 2.24) is 5.32 Å². The first kappa shape index (κ1) is 12.4. The topological polar surface area (TPSA) is 39.7 Å². The van der Waals surface area contributed by atoms with Gasteiger partial charge in [-0.2, -0.15) is 0 Å². The highest BCUT2D eigenvalue weighted by Gasteiger charge is 2.33. The summed E-state index contributed by atoms with van der Waals surface area (Å²) in [5.74, 6) is 2.63. The lowest BCUT2D eigenvalue weighted by Gasteiger charge is -2.35. The molecule has 0 spiro atoms. The van der Waals surface area contributed by atoms with Gasteiger partial charge in [0, 0.05) is 11.6 Å². The summed E-state index contributed by atoms with van der Waals surface area (Å²) in [7, 11) is 1.74. The van der Waals surface area contributed by atoms with Gasteiger partial charge in [-0.25, -0.2) is 0 Å². The summed E-state index contributed by atoms with van der Waals surface area (Å²) in [6.45, 7) is 1.34. The smallest absolute Gasteiger partial charge is 0.231 e. The lowest BCUT2D eigenvalue weighted by molar-refractivity contribution is 0.174. The third-order valence-corrected chi connectivity index (χ3v) is 4.94. The summed E-state index contributed by atoms with van der Waals surface area (Å²) >= 11 is 0. The highest BCUT2D eigenvalue weighted by Crippen LogP contribution is 2.50. The number of ether oxygens (including phenoxy) is 3. The molecule has 112 valence electrons. The van der Waals surface area contributed by atoms with E-state index >= 15 is 0 Å². The maximum Gasteiger partial charge on any atom is 0.231 e. The molecule has 2 heterocycles. The molecule has 4 nitrogen and oxygen atoms in total. The monoisotopic (exact) mass is 295 g/mol. The van der Waals surface area contributed by atoms with Crippen LogP contribution >= 0.6 is 0 Å². The molecular weight excluding hydrogens is 278 g/mol. The lowest BCUT2D eigenvalue weighted by atomic mass is 9.77. The molecule has 2 aromatic rings. The van der Waals surface area contributed by atoms with Crippen molar-refractivity contribution in [3.63, 3.8) is 0 Å². The van der Waals surface area contributed by atoms with E-state index in [0.717, 1.165) is 36.6 Å². The maximum absolute atomic E-state index is 5.66. The zero-order chi connectivity index (χ0) is 14.7. The SMILES string of the molecule is COc1ccc2c3c1-c1cc4c(cc1C[C@@H]3NCC2)OCO4. The first-order valence-electron chi connectivity index (χ1n) is 7.71. The van der Waals surface area contributed by atoms with E-state index < -0.39 is 0 Å². The van der Waals surface area contributed by atoms with Crippen LogP contribution in [0.3, 0.4) is 0 Å². The molecule has 0 bridgehead atoms. The van der Waals surface area contributed by atoms with Gasteiger partial charge >= 0.3 is 0 Å². The van der Waals surface area contributed by atoms with E-state index in [9.17, 15) is 0 Å². The van der Waals surface area contributed by atoms with Gasteiger partial charge < -0.3 is 19.5 Å². The average Bonchev–Trinajstić information content (AvgIpc) is 3.00. The molecule has 0 amide bonds. The van der Waals surface area contributed by atoms with Gasteiger partial charge in [0.15, 0.2) is 11.5 Å². The van der Waals surface area contributed by atoms with Crippen molar-refractivity contribution < 1.29 is 14.2 Å². The average molecular weight is 295 g/mol. The second kappa shape index (κ2) is 4.40. The number of benzene rings is 2. The number of methoxy groups -OCH3 is 1. The molecule has 0 fully saturated rings. The Morgan fingerprint density at radius 1 is 1.14 bits per heavy atom. The summed E-state index contributed by atoms with van der Waals surface area (Å²) in [4.78, 5) is 0.